The molecule has 1 fully saturated rings. The molecular weight excluding hydrogens is 208 g/mol. The molecule has 0 aromatic carbocycles. The standard InChI is InChI=1S/C11H20N2O3/c1-3-9-5-6-13(7-9)11(16)12(4-2)8-10(14)15/h9H,3-8H2,1-2H3,(H,14,15). The number of amides is 2. The summed E-state index contributed by atoms with van der Waals surface area (Å²) in [6.45, 7) is 5.68. The number of hydrogen-bond acceptors (Lipinski definition) is 2. The molecule has 1 rings (SSSR count). The van der Waals surface area contributed by atoms with Gasteiger partial charge in [0, 0.05) is 19.6 Å². The van der Waals surface area contributed by atoms with Crippen LogP contribution in [0, 0.1) is 5.92 Å². The number of nitrogens with zero attached hydrogens (tertiary/aromatic N) is 2. The summed E-state index contributed by atoms with van der Waals surface area (Å²) in [7, 11) is 0. The summed E-state index contributed by atoms with van der Waals surface area (Å²) in [5, 5.41) is 8.69. The molecule has 5 heteroatoms. The highest BCUT2D eigenvalue weighted by atomic mass is 16.4. The third-order valence-corrected chi connectivity index (χ3v) is 3.11. The Morgan fingerprint density at radius 2 is 2.12 bits per heavy atom. The van der Waals surface area contributed by atoms with Gasteiger partial charge in [0.15, 0.2) is 0 Å². The van der Waals surface area contributed by atoms with Crippen LogP contribution < -0.4 is 0 Å². The van der Waals surface area contributed by atoms with Crippen molar-refractivity contribution in [3.05, 3.63) is 0 Å². The number of hydrogen-bond donors (Lipinski definition) is 1. The van der Waals surface area contributed by atoms with Crippen molar-refractivity contribution in [3.63, 3.8) is 0 Å². The number of urea groups is 1. The lowest BCUT2D eigenvalue weighted by Gasteiger charge is -2.25. The van der Waals surface area contributed by atoms with Gasteiger partial charge in [-0.3, -0.25) is 4.79 Å². The summed E-state index contributed by atoms with van der Waals surface area (Å²) in [6, 6.07) is -0.138. The van der Waals surface area contributed by atoms with Crippen molar-refractivity contribution in [2.24, 2.45) is 5.92 Å². The van der Waals surface area contributed by atoms with Crippen LogP contribution in [0.2, 0.25) is 0 Å². The molecule has 1 heterocycles. The predicted molar refractivity (Wildman–Crippen MR) is 60.2 cm³/mol. The molecule has 0 bridgehead atoms. The van der Waals surface area contributed by atoms with Crippen molar-refractivity contribution in [1.29, 1.82) is 0 Å². The molecule has 1 unspecified atom stereocenters. The highest BCUT2D eigenvalue weighted by Gasteiger charge is 2.28. The van der Waals surface area contributed by atoms with E-state index >= 15 is 0 Å². The first-order chi connectivity index (χ1) is 7.58. The van der Waals surface area contributed by atoms with E-state index in [9.17, 15) is 9.59 Å². The highest BCUT2D eigenvalue weighted by Crippen LogP contribution is 2.20. The maximum atomic E-state index is 12.0. The number of likely N-dealkylation sites (tertiary alicyclic amines) is 1. The Balaban J connectivity index is 2.52. The smallest absolute Gasteiger partial charge is 0.323 e. The first-order valence-corrected chi connectivity index (χ1v) is 5.84. The topological polar surface area (TPSA) is 60.9 Å². The summed E-state index contributed by atoms with van der Waals surface area (Å²) in [5.41, 5.74) is 0. The Kier molecular flexibility index (Phi) is 4.58. The highest BCUT2D eigenvalue weighted by molar-refractivity contribution is 5.80. The van der Waals surface area contributed by atoms with Crippen LogP contribution in [-0.4, -0.2) is 53.1 Å². The van der Waals surface area contributed by atoms with Crippen LogP contribution in [0.4, 0.5) is 4.79 Å². The van der Waals surface area contributed by atoms with Crippen LogP contribution in [-0.2, 0) is 4.79 Å². The lowest BCUT2D eigenvalue weighted by molar-refractivity contribution is -0.137. The summed E-state index contributed by atoms with van der Waals surface area (Å²) >= 11 is 0. The summed E-state index contributed by atoms with van der Waals surface area (Å²) in [6.07, 6.45) is 2.11. The zero-order valence-electron chi connectivity index (χ0n) is 9.98. The van der Waals surface area contributed by atoms with Crippen molar-refractivity contribution in [1.82, 2.24) is 9.80 Å². The summed E-state index contributed by atoms with van der Waals surface area (Å²) in [5.74, 6) is -0.381. The maximum Gasteiger partial charge on any atom is 0.323 e. The first kappa shape index (κ1) is 12.8. The van der Waals surface area contributed by atoms with Crippen molar-refractivity contribution in [2.45, 2.75) is 26.7 Å². The molecule has 5 nitrogen and oxygen atoms in total. The lowest BCUT2D eigenvalue weighted by atomic mass is 10.1. The minimum atomic E-state index is -0.957. The van der Waals surface area contributed by atoms with E-state index in [-0.39, 0.29) is 12.6 Å². The molecule has 1 aliphatic heterocycles. The lowest BCUT2D eigenvalue weighted by Crippen LogP contribution is -2.44. The van der Waals surface area contributed by atoms with Gasteiger partial charge in [-0.15, -0.1) is 0 Å². The van der Waals surface area contributed by atoms with Crippen molar-refractivity contribution >= 4 is 12.0 Å². The normalized spacial score (nSPS) is 19.9. The van der Waals surface area contributed by atoms with Crippen molar-refractivity contribution in [3.8, 4) is 0 Å². The van der Waals surface area contributed by atoms with Crippen LogP contribution >= 0.6 is 0 Å². The SMILES string of the molecule is CCC1CCN(C(=O)N(CC)CC(=O)O)C1. The molecule has 92 valence electrons. The molecule has 1 aliphatic rings. The Bertz CT molecular complexity index is 268. The molecule has 1 atom stereocenters. The molecule has 0 radical (unpaired) electrons. The van der Waals surface area contributed by atoms with Gasteiger partial charge in [0.2, 0.25) is 0 Å². The number of aliphatic carboxylic acids is 1. The Morgan fingerprint density at radius 3 is 2.56 bits per heavy atom. The van der Waals surface area contributed by atoms with Gasteiger partial charge in [-0.2, -0.15) is 0 Å². The fraction of sp³-hybridized carbons (Fsp3) is 0.818. The number of rotatable bonds is 4. The van der Waals surface area contributed by atoms with Gasteiger partial charge in [-0.05, 0) is 19.3 Å². The molecule has 0 aromatic rings. The van der Waals surface area contributed by atoms with Gasteiger partial charge >= 0.3 is 12.0 Å². The average Bonchev–Trinajstić information content (AvgIpc) is 2.73. The molecule has 16 heavy (non-hydrogen) atoms. The first-order valence-electron chi connectivity index (χ1n) is 5.84. The largest absolute Gasteiger partial charge is 0.480 e. The monoisotopic (exact) mass is 228 g/mol. The molecule has 1 saturated heterocycles. The van der Waals surface area contributed by atoms with E-state index in [2.05, 4.69) is 6.92 Å². The molecule has 2 amide bonds. The van der Waals surface area contributed by atoms with Crippen LogP contribution in [0.15, 0.2) is 0 Å². The second kappa shape index (κ2) is 5.72. The zero-order chi connectivity index (χ0) is 12.1. The third-order valence-electron chi connectivity index (χ3n) is 3.11. The van der Waals surface area contributed by atoms with E-state index < -0.39 is 5.97 Å². The van der Waals surface area contributed by atoms with E-state index in [1.54, 1.807) is 11.8 Å². The van der Waals surface area contributed by atoms with Crippen molar-refractivity contribution < 1.29 is 14.7 Å². The molecule has 1 N–H and O–H groups in total. The number of carbonyl (C=O) groups is 2. The second-order valence-corrected chi connectivity index (χ2v) is 4.20. The fourth-order valence-corrected chi connectivity index (χ4v) is 2.02. The van der Waals surface area contributed by atoms with Gasteiger partial charge in [0.1, 0.15) is 6.54 Å². The summed E-state index contributed by atoms with van der Waals surface area (Å²) in [4.78, 5) is 25.7. The minimum absolute atomic E-state index is 0.138. The van der Waals surface area contributed by atoms with Crippen LogP contribution in [0.5, 0.6) is 0 Å². The fourth-order valence-electron chi connectivity index (χ4n) is 2.02. The number of carboxylic acids is 1. The van der Waals surface area contributed by atoms with E-state index in [0.717, 1.165) is 25.9 Å². The maximum absolute atomic E-state index is 12.0. The molecular formula is C11H20N2O3. The molecule has 0 spiro atoms. The van der Waals surface area contributed by atoms with Crippen LogP contribution in [0.25, 0.3) is 0 Å². The van der Waals surface area contributed by atoms with Gasteiger partial charge in [-0.1, -0.05) is 13.3 Å². The minimum Gasteiger partial charge on any atom is -0.480 e. The van der Waals surface area contributed by atoms with Gasteiger partial charge in [0.25, 0.3) is 0 Å². The van der Waals surface area contributed by atoms with Crippen molar-refractivity contribution in [2.75, 3.05) is 26.2 Å². The zero-order valence-corrected chi connectivity index (χ0v) is 9.98. The van der Waals surface area contributed by atoms with E-state index in [0.29, 0.717) is 12.5 Å². The van der Waals surface area contributed by atoms with Gasteiger partial charge < -0.3 is 14.9 Å². The Morgan fingerprint density at radius 1 is 1.44 bits per heavy atom. The van der Waals surface area contributed by atoms with E-state index in [4.69, 9.17) is 5.11 Å². The molecule has 0 aliphatic carbocycles. The Hall–Kier alpha value is -1.26. The Labute approximate surface area is 96.0 Å². The molecule has 0 aromatic heterocycles. The van der Waals surface area contributed by atoms with E-state index in [1.165, 1.54) is 4.90 Å². The number of carbonyl (C=O) groups excluding carboxylic acids is 1. The van der Waals surface area contributed by atoms with Gasteiger partial charge in [-0.25, -0.2) is 4.79 Å². The predicted octanol–water partition coefficient (Wildman–Crippen LogP) is 1.24. The molecule has 0 saturated carbocycles. The van der Waals surface area contributed by atoms with Gasteiger partial charge in [0.05, 0.1) is 0 Å². The number of carboxylic acid groups (broad SMARTS) is 1. The summed E-state index contributed by atoms with van der Waals surface area (Å²) < 4.78 is 0. The van der Waals surface area contributed by atoms with Crippen LogP contribution in [0.1, 0.15) is 26.7 Å². The van der Waals surface area contributed by atoms with Crippen LogP contribution in [0.3, 0.4) is 0 Å². The second-order valence-electron chi connectivity index (χ2n) is 4.20. The number of likely N-dealkylation sites (N-methyl/N-ethyl adjacent to an activating group) is 1. The van der Waals surface area contributed by atoms with E-state index in [1.807, 2.05) is 0 Å². The quantitative estimate of drug-likeness (QED) is 0.787. The average molecular weight is 228 g/mol. The third kappa shape index (κ3) is 3.12.